The number of halogens is 2. The predicted molar refractivity (Wildman–Crippen MR) is 53.7 cm³/mol. The van der Waals surface area contributed by atoms with Gasteiger partial charge < -0.3 is 5.11 Å². The Morgan fingerprint density at radius 2 is 1.42 bits per heavy atom. The van der Waals surface area contributed by atoms with Gasteiger partial charge in [0, 0.05) is 0 Å². The Morgan fingerprint density at radius 1 is 1.17 bits per heavy atom. The molecular formula is C7H8CaCl2O2. The van der Waals surface area contributed by atoms with Crippen LogP contribution < -0.4 is 0 Å². The van der Waals surface area contributed by atoms with Gasteiger partial charge in [-0.15, -0.1) is 0 Å². The van der Waals surface area contributed by atoms with Crippen molar-refractivity contribution < 1.29 is 9.90 Å². The Hall–Kier alpha value is 0.530. The third kappa shape index (κ3) is 7.19. The van der Waals surface area contributed by atoms with Crippen molar-refractivity contribution in [2.75, 3.05) is 0 Å². The molecule has 0 aliphatic rings. The Bertz CT molecular complexity index is 209. The van der Waals surface area contributed by atoms with Crippen LogP contribution in [0.25, 0.3) is 0 Å². The molecule has 0 aliphatic carbocycles. The molecule has 0 radical (unpaired) electrons. The molecule has 0 aromatic heterocycles. The Kier molecular flexibility index (Phi) is 12.0. The summed E-state index contributed by atoms with van der Waals surface area (Å²) in [7, 11) is 0. The Morgan fingerprint density at radius 3 is 1.58 bits per heavy atom. The molecule has 1 aromatic rings. The van der Waals surface area contributed by atoms with Crippen molar-refractivity contribution in [1.82, 2.24) is 0 Å². The molecule has 0 bridgehead atoms. The molecule has 5 heteroatoms. The van der Waals surface area contributed by atoms with Crippen LogP contribution in [0, 0.1) is 0 Å². The number of hydrogen-bond acceptors (Lipinski definition) is 1. The summed E-state index contributed by atoms with van der Waals surface area (Å²) in [5, 5.41) is 8.10. The minimum absolute atomic E-state index is 0. The summed E-state index contributed by atoms with van der Waals surface area (Å²) in [6.45, 7) is -0.250. The third-order valence-corrected chi connectivity index (χ3v) is 1.58. The zero-order valence-corrected chi connectivity index (χ0v) is 7.01. The molecule has 0 spiro atoms. The molecule has 1 aromatic carbocycles. The first-order chi connectivity index (χ1) is 5.22. The topological polar surface area (TPSA) is 37.3 Å². The van der Waals surface area contributed by atoms with Crippen LogP contribution in [-0.4, -0.2) is 49.3 Å². The van der Waals surface area contributed by atoms with Crippen molar-refractivity contribution in [2.24, 2.45) is 0 Å². The average molecular weight is 235 g/mol. The van der Waals surface area contributed by atoms with Crippen molar-refractivity contribution in [3.05, 3.63) is 34.3 Å². The number of benzene rings is 1. The summed E-state index contributed by atoms with van der Waals surface area (Å²) in [5.41, 5.74) is 0. The van der Waals surface area contributed by atoms with E-state index in [9.17, 15) is 0 Å². The van der Waals surface area contributed by atoms with Crippen molar-refractivity contribution in [3.63, 3.8) is 0 Å². The van der Waals surface area contributed by atoms with E-state index in [1.165, 1.54) is 0 Å². The van der Waals surface area contributed by atoms with Gasteiger partial charge >= 0.3 is 37.7 Å². The number of carbonyl (C=O) groups is 1. The first kappa shape index (κ1) is 15.0. The predicted octanol–water partition coefficient (Wildman–Crippen LogP) is 1.78. The first-order valence-corrected chi connectivity index (χ1v) is 3.46. The molecule has 0 unspecified atom stereocenters. The summed E-state index contributed by atoms with van der Waals surface area (Å²) in [4.78, 5) is 8.36. The van der Waals surface area contributed by atoms with Crippen LogP contribution in [0.1, 0.15) is 0 Å². The normalized spacial score (nSPS) is 7.17. The maximum atomic E-state index is 8.36. The molecule has 64 valence electrons. The summed E-state index contributed by atoms with van der Waals surface area (Å²) in [6.07, 6.45) is 0. The zero-order chi connectivity index (χ0) is 8.69. The molecule has 0 fully saturated rings. The van der Waals surface area contributed by atoms with Gasteiger partial charge in [-0.3, -0.25) is 4.79 Å². The van der Waals surface area contributed by atoms with Gasteiger partial charge in [0.15, 0.2) is 0 Å². The second-order valence-corrected chi connectivity index (χ2v) is 2.33. The fourth-order valence-electron chi connectivity index (χ4n) is 0.439. The minimum atomic E-state index is -0.250. The van der Waals surface area contributed by atoms with Gasteiger partial charge in [0.05, 0.1) is 10.0 Å². The van der Waals surface area contributed by atoms with Crippen LogP contribution in [0.2, 0.25) is 10.0 Å². The molecule has 0 saturated carbocycles. The molecule has 12 heavy (non-hydrogen) atoms. The third-order valence-electron chi connectivity index (χ3n) is 0.824. The Labute approximate surface area is 110 Å². The summed E-state index contributed by atoms with van der Waals surface area (Å²) < 4.78 is 0. The van der Waals surface area contributed by atoms with E-state index in [-0.39, 0.29) is 44.2 Å². The van der Waals surface area contributed by atoms with Crippen LogP contribution in [0.4, 0.5) is 0 Å². The van der Waals surface area contributed by atoms with Gasteiger partial charge in [0.1, 0.15) is 0 Å². The van der Waals surface area contributed by atoms with E-state index in [0.717, 1.165) is 0 Å². The number of rotatable bonds is 0. The summed E-state index contributed by atoms with van der Waals surface area (Å²) in [6, 6.07) is 7.19. The molecule has 1 N–H and O–H groups in total. The molecule has 0 saturated heterocycles. The van der Waals surface area contributed by atoms with E-state index in [1.54, 1.807) is 12.1 Å². The SMILES string of the molecule is Clc1ccccc1Cl.O=CO.[CaH2]. The second-order valence-electron chi connectivity index (χ2n) is 1.52. The molecule has 0 amide bonds. The fraction of sp³-hybridized carbons (Fsp3) is 0. The van der Waals surface area contributed by atoms with Gasteiger partial charge in [0.2, 0.25) is 0 Å². The van der Waals surface area contributed by atoms with Crippen molar-refractivity contribution in [3.8, 4) is 0 Å². The maximum absolute atomic E-state index is 8.36. The fourth-order valence-corrected chi connectivity index (χ4v) is 0.711. The molecule has 0 heterocycles. The molecule has 1 rings (SSSR count). The number of carboxylic acid groups (broad SMARTS) is 1. The summed E-state index contributed by atoms with van der Waals surface area (Å²) >= 11 is 11.2. The zero-order valence-electron chi connectivity index (χ0n) is 5.50. The molecule has 2 nitrogen and oxygen atoms in total. The Balaban J connectivity index is 0. The standard InChI is InChI=1S/C6H4Cl2.CH2O2.Ca.2H/c7-5-3-1-2-4-6(5)8;2-1-3;;;/h1-4H;1H,(H,2,3);;;. The van der Waals surface area contributed by atoms with Crippen LogP contribution in [0.3, 0.4) is 0 Å². The molecular weight excluding hydrogens is 227 g/mol. The van der Waals surface area contributed by atoms with Crippen LogP contribution >= 0.6 is 23.2 Å². The summed E-state index contributed by atoms with van der Waals surface area (Å²) in [5.74, 6) is 0. The van der Waals surface area contributed by atoms with Crippen LogP contribution in [0.5, 0.6) is 0 Å². The van der Waals surface area contributed by atoms with Crippen molar-refractivity contribution in [2.45, 2.75) is 0 Å². The van der Waals surface area contributed by atoms with Crippen molar-refractivity contribution >= 4 is 67.4 Å². The van der Waals surface area contributed by atoms with Gasteiger partial charge in [-0.2, -0.15) is 0 Å². The quantitative estimate of drug-likeness (QED) is 0.549. The second kappa shape index (κ2) is 9.62. The van der Waals surface area contributed by atoms with E-state index in [4.69, 9.17) is 33.1 Å². The molecule has 0 aliphatic heterocycles. The van der Waals surface area contributed by atoms with Crippen LogP contribution in [-0.2, 0) is 4.79 Å². The average Bonchev–Trinajstić information content (AvgIpc) is 1.97. The van der Waals surface area contributed by atoms with Gasteiger partial charge in [-0.25, -0.2) is 0 Å². The van der Waals surface area contributed by atoms with E-state index < -0.39 is 0 Å². The van der Waals surface area contributed by atoms with E-state index in [2.05, 4.69) is 0 Å². The number of hydrogen-bond donors (Lipinski definition) is 1. The van der Waals surface area contributed by atoms with E-state index in [1.807, 2.05) is 12.1 Å². The first-order valence-electron chi connectivity index (χ1n) is 2.70. The monoisotopic (exact) mass is 234 g/mol. The molecule has 0 atom stereocenters. The van der Waals surface area contributed by atoms with Gasteiger partial charge in [-0.1, -0.05) is 35.3 Å². The van der Waals surface area contributed by atoms with Gasteiger partial charge in [0.25, 0.3) is 6.47 Å². The van der Waals surface area contributed by atoms with Gasteiger partial charge in [-0.05, 0) is 12.1 Å². The van der Waals surface area contributed by atoms with Crippen LogP contribution in [0.15, 0.2) is 24.3 Å². The van der Waals surface area contributed by atoms with Crippen molar-refractivity contribution in [1.29, 1.82) is 0 Å². The van der Waals surface area contributed by atoms with E-state index in [0.29, 0.717) is 10.0 Å². The van der Waals surface area contributed by atoms with E-state index >= 15 is 0 Å².